The van der Waals surface area contributed by atoms with Crippen LogP contribution in [0.3, 0.4) is 0 Å². The summed E-state index contributed by atoms with van der Waals surface area (Å²) in [5.41, 5.74) is 6.96. The first-order valence-electron chi connectivity index (χ1n) is 40.8. The summed E-state index contributed by atoms with van der Waals surface area (Å²) in [5, 5.41) is 0. The van der Waals surface area contributed by atoms with Crippen LogP contribution in [-0.4, -0.2) is 0 Å². The Kier molecular flexibility index (Phi) is 44.7. The van der Waals surface area contributed by atoms with Crippen molar-refractivity contribution >= 4 is 0 Å². The minimum Gasteiger partial charge on any atom is -0.0776 e. The van der Waals surface area contributed by atoms with Gasteiger partial charge in [-0.3, -0.25) is 0 Å². The van der Waals surface area contributed by atoms with Gasteiger partial charge in [0.05, 0.1) is 0 Å². The van der Waals surface area contributed by atoms with Gasteiger partial charge in [-0.1, -0.05) is 359 Å². The average Bonchev–Trinajstić information content (AvgIpc) is 3.61. The van der Waals surface area contributed by atoms with Crippen molar-refractivity contribution in [1.29, 1.82) is 0 Å². The van der Waals surface area contributed by atoms with Gasteiger partial charge in [0.25, 0.3) is 0 Å². The van der Waals surface area contributed by atoms with E-state index in [1.165, 1.54) is 327 Å². The predicted molar refractivity (Wildman–Crippen MR) is 408 cm³/mol. The van der Waals surface area contributed by atoms with Crippen molar-refractivity contribution < 1.29 is 0 Å². The molecule has 88 heavy (non-hydrogen) atoms. The molecule has 0 nitrogen and oxygen atoms in total. The SMILES string of the molecule is C.CC1(C)CCCCC1.CCC1(C)CCC(C)(C)CC1.CCC1(C)CCC(C)CC1.CCC1(C)CCCC(C)C1.CCC1(C)CCCCC1.CCC1(C)CCCCC1.CCC1(C)CCCCC1C.CCCC1(C)CCCCC1.CCCC1(C)CCCCC1. The number of rotatable bonds is 10. The van der Waals surface area contributed by atoms with Gasteiger partial charge >= 0.3 is 0 Å². The molecule has 0 amide bonds. The fraction of sp³-hybridized carbons (Fsp3) is 1.00. The highest BCUT2D eigenvalue weighted by Gasteiger charge is 2.35. The highest BCUT2D eigenvalue weighted by molar-refractivity contribution is 4.87. The molecule has 0 bridgehead atoms. The summed E-state index contributed by atoms with van der Waals surface area (Å²) >= 11 is 0. The van der Waals surface area contributed by atoms with Crippen molar-refractivity contribution in [3.05, 3.63) is 0 Å². The Hall–Kier alpha value is 0. The molecule has 0 spiro atoms. The van der Waals surface area contributed by atoms with Crippen molar-refractivity contribution in [2.45, 2.75) is 494 Å². The third-order valence-corrected chi connectivity index (χ3v) is 27.7. The van der Waals surface area contributed by atoms with Crippen LogP contribution < -0.4 is 0 Å². The molecule has 0 aromatic rings. The smallest absolute Gasteiger partial charge is 0.0303 e. The topological polar surface area (TPSA) is 0 Å². The molecule has 530 valence electrons. The summed E-state index contributed by atoms with van der Waals surface area (Å²) in [6, 6.07) is 0. The lowest BCUT2D eigenvalue weighted by atomic mass is 9.65. The Bertz CT molecular complexity index is 1520. The molecule has 0 heteroatoms. The van der Waals surface area contributed by atoms with E-state index in [1.54, 1.807) is 0 Å². The van der Waals surface area contributed by atoms with Crippen molar-refractivity contribution in [3.63, 3.8) is 0 Å². The van der Waals surface area contributed by atoms with Gasteiger partial charge in [-0.05, 0) is 207 Å². The molecule has 0 aliphatic heterocycles. The lowest BCUT2D eigenvalue weighted by Gasteiger charge is -2.41. The first-order valence-corrected chi connectivity index (χ1v) is 40.8. The lowest BCUT2D eigenvalue weighted by molar-refractivity contribution is 0.113. The zero-order chi connectivity index (χ0) is 65.8. The number of hydrogen-bond donors (Lipinski definition) is 0. The monoisotopic (exact) mass is 1240 g/mol. The van der Waals surface area contributed by atoms with E-state index in [0.717, 1.165) is 39.4 Å². The molecular formula is C88H178. The van der Waals surface area contributed by atoms with Gasteiger partial charge in [0.2, 0.25) is 0 Å². The second kappa shape index (κ2) is 44.7. The van der Waals surface area contributed by atoms with Gasteiger partial charge < -0.3 is 0 Å². The average molecular weight is 1240 g/mol. The van der Waals surface area contributed by atoms with Crippen molar-refractivity contribution in [3.8, 4) is 0 Å². The molecule has 9 rings (SSSR count). The summed E-state index contributed by atoms with van der Waals surface area (Å²) in [7, 11) is 0. The van der Waals surface area contributed by atoms with E-state index in [9.17, 15) is 0 Å². The fourth-order valence-electron chi connectivity index (χ4n) is 17.6. The molecule has 0 aromatic carbocycles. The van der Waals surface area contributed by atoms with Crippen LogP contribution in [0, 0.1) is 71.9 Å². The molecule has 9 fully saturated rings. The predicted octanol–water partition coefficient (Wildman–Crippen LogP) is 32.7. The zero-order valence-electron chi connectivity index (χ0n) is 65.8. The summed E-state index contributed by atoms with van der Waals surface area (Å²) in [4.78, 5) is 0. The third kappa shape index (κ3) is 37.9. The standard InChI is InChI=1S/C11H22.5C10H20.2C9H18.C8H16.CH4/c1-5-11(4)8-6-10(2,3)7-9-11;1-4-10(3)7-5-9(2)6-8-10;1-4-10(3)7-5-6-9(2)8-10;1-4-10(3)8-6-5-7-9(10)2;2*1-3-7-10(2)8-5-4-6-9-10;2*1-3-9(2)7-5-4-6-8-9;1-8(2)6-4-3-5-7-8;/h5-9H2,1-4H3;3*9H,4-8H2,1-3H3;2*3-9H2,1-2H3;2*3-8H2,1-2H3;3-7H2,1-2H3;1H4. The van der Waals surface area contributed by atoms with Gasteiger partial charge in [-0.15, -0.1) is 0 Å². The van der Waals surface area contributed by atoms with Gasteiger partial charge in [0, 0.05) is 0 Å². The maximum Gasteiger partial charge on any atom is -0.0303 e. The summed E-state index contributed by atoms with van der Waals surface area (Å²) in [6.45, 7) is 55.0. The zero-order valence-corrected chi connectivity index (χ0v) is 65.8. The molecular weight excluding hydrogens is 1060 g/mol. The second-order valence-corrected chi connectivity index (χ2v) is 37.6. The van der Waals surface area contributed by atoms with Crippen molar-refractivity contribution in [2.24, 2.45) is 71.9 Å². The largest absolute Gasteiger partial charge is 0.0776 e. The summed E-state index contributed by atoms with van der Waals surface area (Å²) in [5.74, 6) is 2.95. The van der Waals surface area contributed by atoms with Crippen LogP contribution in [0.15, 0.2) is 0 Å². The normalized spacial score (nSPS) is 31.2. The van der Waals surface area contributed by atoms with E-state index < -0.39 is 0 Å². The first kappa shape index (κ1) is 88.0. The van der Waals surface area contributed by atoms with Gasteiger partial charge in [0.1, 0.15) is 0 Å². The van der Waals surface area contributed by atoms with Crippen molar-refractivity contribution in [2.75, 3.05) is 0 Å². The molecule has 0 saturated heterocycles. The molecule has 0 aromatic heterocycles. The maximum atomic E-state index is 2.47. The van der Waals surface area contributed by atoms with Crippen molar-refractivity contribution in [1.82, 2.24) is 0 Å². The van der Waals surface area contributed by atoms with Gasteiger partial charge in [-0.2, -0.15) is 0 Å². The number of hydrogen-bond acceptors (Lipinski definition) is 0. The second-order valence-electron chi connectivity index (χ2n) is 37.6. The molecule has 4 atom stereocenters. The Morgan fingerprint density at radius 3 is 0.795 bits per heavy atom. The highest BCUT2D eigenvalue weighted by Crippen LogP contribution is 2.48. The van der Waals surface area contributed by atoms with Crippen LogP contribution in [0.5, 0.6) is 0 Å². The molecule has 0 heterocycles. The maximum absolute atomic E-state index is 2.47. The molecule has 0 N–H and O–H groups in total. The van der Waals surface area contributed by atoms with Gasteiger partial charge in [-0.25, -0.2) is 0 Å². The van der Waals surface area contributed by atoms with E-state index in [2.05, 4.69) is 159 Å². The van der Waals surface area contributed by atoms with E-state index in [1.807, 2.05) is 0 Å². The van der Waals surface area contributed by atoms with Crippen LogP contribution in [0.2, 0.25) is 0 Å². The van der Waals surface area contributed by atoms with Crippen LogP contribution in [0.4, 0.5) is 0 Å². The van der Waals surface area contributed by atoms with E-state index in [4.69, 9.17) is 0 Å². The van der Waals surface area contributed by atoms with Crippen LogP contribution in [-0.2, 0) is 0 Å². The quantitative estimate of drug-likeness (QED) is 0.205. The molecule has 9 aliphatic carbocycles. The minimum atomic E-state index is 0. The fourth-order valence-corrected chi connectivity index (χ4v) is 17.6. The molecule has 0 radical (unpaired) electrons. The Balaban J connectivity index is 0.000000967. The summed E-state index contributed by atoms with van der Waals surface area (Å²) < 4.78 is 0. The Labute approximate surface area is 562 Å². The van der Waals surface area contributed by atoms with E-state index >= 15 is 0 Å². The third-order valence-electron chi connectivity index (χ3n) is 27.7. The molecule has 9 aliphatic rings. The summed E-state index contributed by atoms with van der Waals surface area (Å²) in [6.07, 6.45) is 74.1. The first-order chi connectivity index (χ1) is 40.8. The van der Waals surface area contributed by atoms with E-state index in [-0.39, 0.29) is 7.43 Å². The van der Waals surface area contributed by atoms with Crippen LogP contribution in [0.25, 0.3) is 0 Å². The highest BCUT2D eigenvalue weighted by atomic mass is 14.4. The van der Waals surface area contributed by atoms with Crippen LogP contribution >= 0.6 is 0 Å². The molecule has 4 unspecified atom stereocenters. The lowest BCUT2D eigenvalue weighted by Crippen LogP contribution is -2.28. The Morgan fingerprint density at radius 1 is 0.239 bits per heavy atom. The van der Waals surface area contributed by atoms with Crippen LogP contribution in [0.1, 0.15) is 494 Å². The molecule has 9 saturated carbocycles. The van der Waals surface area contributed by atoms with E-state index in [0.29, 0.717) is 32.5 Å². The minimum absolute atomic E-state index is 0. The van der Waals surface area contributed by atoms with Gasteiger partial charge in [0.15, 0.2) is 0 Å². The Morgan fingerprint density at radius 2 is 0.534 bits per heavy atom.